The number of hydrogen-bond donors (Lipinski definition) is 2. The summed E-state index contributed by atoms with van der Waals surface area (Å²) in [5, 5.41) is 18.7. The number of aromatic nitrogens is 2. The minimum absolute atomic E-state index is 0.0148. The Morgan fingerprint density at radius 3 is 2.12 bits per heavy atom. The molecule has 1 fully saturated rings. The summed E-state index contributed by atoms with van der Waals surface area (Å²) in [6.45, 7) is 2.98. The lowest BCUT2D eigenvalue weighted by Crippen LogP contribution is -2.29. The van der Waals surface area contributed by atoms with Crippen molar-refractivity contribution < 1.29 is 15.0 Å². The summed E-state index contributed by atoms with van der Waals surface area (Å²) in [6.07, 6.45) is 4.53. The average molecular weight is 341 g/mol. The number of aliphatic hydroxyl groups is 2. The molecule has 3 rings (SSSR count). The lowest BCUT2D eigenvalue weighted by atomic mass is 9.98. The molecule has 1 aromatic carbocycles. The van der Waals surface area contributed by atoms with Crippen LogP contribution >= 0.6 is 0 Å². The number of amides is 1. The zero-order chi connectivity index (χ0) is 17.8. The van der Waals surface area contributed by atoms with Gasteiger partial charge in [-0.1, -0.05) is 19.1 Å². The van der Waals surface area contributed by atoms with Crippen LogP contribution < -0.4 is 0 Å². The van der Waals surface area contributed by atoms with Crippen molar-refractivity contribution in [3.05, 3.63) is 47.8 Å². The van der Waals surface area contributed by atoms with E-state index >= 15 is 0 Å². The van der Waals surface area contributed by atoms with Crippen molar-refractivity contribution in [3.8, 4) is 11.4 Å². The number of aryl methyl sites for hydroxylation is 1. The Morgan fingerprint density at radius 2 is 1.64 bits per heavy atom. The zero-order valence-corrected chi connectivity index (χ0v) is 14.3. The van der Waals surface area contributed by atoms with E-state index in [4.69, 9.17) is 0 Å². The number of carbonyl (C=O) groups is 1. The number of rotatable bonds is 5. The van der Waals surface area contributed by atoms with Gasteiger partial charge in [0.1, 0.15) is 0 Å². The van der Waals surface area contributed by atoms with Gasteiger partial charge in [0.15, 0.2) is 5.82 Å². The van der Waals surface area contributed by atoms with E-state index in [1.807, 2.05) is 24.5 Å². The first kappa shape index (κ1) is 17.5. The molecule has 0 aliphatic carbocycles. The van der Waals surface area contributed by atoms with Gasteiger partial charge >= 0.3 is 0 Å². The van der Waals surface area contributed by atoms with Crippen LogP contribution in [-0.4, -0.2) is 57.3 Å². The maximum atomic E-state index is 12.6. The number of likely N-dealkylation sites (tertiary alicyclic amines) is 1. The Labute approximate surface area is 147 Å². The van der Waals surface area contributed by atoms with Crippen LogP contribution in [0.3, 0.4) is 0 Å². The largest absolute Gasteiger partial charge is 0.396 e. The number of aliphatic hydroxyl groups excluding tert-OH is 2. The van der Waals surface area contributed by atoms with Gasteiger partial charge in [-0.05, 0) is 24.1 Å². The summed E-state index contributed by atoms with van der Waals surface area (Å²) in [4.78, 5) is 23.0. The molecule has 1 saturated heterocycles. The molecule has 0 saturated carbocycles. The normalized spacial score (nSPS) is 20.0. The SMILES string of the molecule is CCc1cnc(-c2ccc(C(=O)N3CC(CO)C(CO)C3)cc2)nc1. The maximum absolute atomic E-state index is 12.6. The molecule has 1 aliphatic rings. The smallest absolute Gasteiger partial charge is 0.253 e. The van der Waals surface area contributed by atoms with Crippen LogP contribution in [0.15, 0.2) is 36.7 Å². The minimum atomic E-state index is -0.0804. The van der Waals surface area contributed by atoms with Crippen molar-refractivity contribution >= 4 is 5.91 Å². The highest BCUT2D eigenvalue weighted by atomic mass is 16.3. The fraction of sp³-hybridized carbons (Fsp3) is 0.421. The molecule has 2 atom stereocenters. The zero-order valence-electron chi connectivity index (χ0n) is 14.3. The molecule has 25 heavy (non-hydrogen) atoms. The molecule has 6 heteroatoms. The van der Waals surface area contributed by atoms with E-state index in [1.54, 1.807) is 17.0 Å². The quantitative estimate of drug-likeness (QED) is 0.858. The molecule has 0 radical (unpaired) electrons. The summed E-state index contributed by atoms with van der Waals surface area (Å²) < 4.78 is 0. The van der Waals surface area contributed by atoms with E-state index in [2.05, 4.69) is 16.9 Å². The Hall–Kier alpha value is -2.31. The van der Waals surface area contributed by atoms with Crippen molar-refractivity contribution in [2.24, 2.45) is 11.8 Å². The van der Waals surface area contributed by atoms with E-state index in [9.17, 15) is 15.0 Å². The third kappa shape index (κ3) is 3.70. The van der Waals surface area contributed by atoms with Crippen LogP contribution in [0.5, 0.6) is 0 Å². The van der Waals surface area contributed by atoms with Gasteiger partial charge in [0.25, 0.3) is 5.91 Å². The van der Waals surface area contributed by atoms with E-state index in [0.717, 1.165) is 17.5 Å². The number of carbonyl (C=O) groups excluding carboxylic acids is 1. The molecule has 1 aromatic heterocycles. The molecule has 2 N–H and O–H groups in total. The summed E-state index contributed by atoms with van der Waals surface area (Å²) in [6, 6.07) is 7.23. The van der Waals surface area contributed by atoms with Gasteiger partial charge in [0.05, 0.1) is 0 Å². The second-order valence-electron chi connectivity index (χ2n) is 6.44. The van der Waals surface area contributed by atoms with Gasteiger partial charge in [-0.15, -0.1) is 0 Å². The summed E-state index contributed by atoms with van der Waals surface area (Å²) >= 11 is 0. The van der Waals surface area contributed by atoms with Crippen LogP contribution in [0, 0.1) is 11.8 Å². The molecule has 0 spiro atoms. The Balaban J connectivity index is 1.72. The van der Waals surface area contributed by atoms with Crippen molar-refractivity contribution in [2.75, 3.05) is 26.3 Å². The van der Waals surface area contributed by atoms with Crippen molar-refractivity contribution in [1.29, 1.82) is 0 Å². The van der Waals surface area contributed by atoms with Crippen molar-refractivity contribution in [3.63, 3.8) is 0 Å². The number of benzene rings is 1. The molecule has 1 aliphatic heterocycles. The van der Waals surface area contributed by atoms with Gasteiger partial charge in [-0.2, -0.15) is 0 Å². The molecule has 1 amide bonds. The van der Waals surface area contributed by atoms with Crippen molar-refractivity contribution in [1.82, 2.24) is 14.9 Å². The van der Waals surface area contributed by atoms with Gasteiger partial charge < -0.3 is 15.1 Å². The standard InChI is InChI=1S/C19H23N3O3/c1-2-13-7-20-18(21-8-13)14-3-5-15(6-4-14)19(25)22-9-16(11-23)17(10-22)12-24/h3-8,16-17,23-24H,2,9-12H2,1H3. The fourth-order valence-electron chi connectivity index (χ4n) is 3.15. The average Bonchev–Trinajstić information content (AvgIpc) is 3.11. The van der Waals surface area contributed by atoms with Crippen LogP contribution in [-0.2, 0) is 6.42 Å². The molecule has 2 aromatic rings. The Morgan fingerprint density at radius 1 is 1.08 bits per heavy atom. The molecule has 2 heterocycles. The third-order valence-electron chi connectivity index (χ3n) is 4.84. The van der Waals surface area contributed by atoms with Crippen LogP contribution in [0.2, 0.25) is 0 Å². The number of hydrogen-bond acceptors (Lipinski definition) is 5. The summed E-state index contributed by atoms with van der Waals surface area (Å²) in [7, 11) is 0. The van der Waals surface area contributed by atoms with Crippen LogP contribution in [0.1, 0.15) is 22.8 Å². The van der Waals surface area contributed by atoms with Gasteiger partial charge in [0.2, 0.25) is 0 Å². The first-order chi connectivity index (χ1) is 12.2. The van der Waals surface area contributed by atoms with Gasteiger partial charge in [-0.3, -0.25) is 4.79 Å². The highest BCUT2D eigenvalue weighted by Crippen LogP contribution is 2.25. The first-order valence-electron chi connectivity index (χ1n) is 8.58. The molecule has 6 nitrogen and oxygen atoms in total. The van der Waals surface area contributed by atoms with Gasteiger partial charge in [0, 0.05) is 61.7 Å². The first-order valence-corrected chi connectivity index (χ1v) is 8.58. The monoisotopic (exact) mass is 341 g/mol. The molecule has 2 unspecified atom stereocenters. The minimum Gasteiger partial charge on any atom is -0.396 e. The van der Waals surface area contributed by atoms with Gasteiger partial charge in [-0.25, -0.2) is 9.97 Å². The van der Waals surface area contributed by atoms with Crippen LogP contribution in [0.4, 0.5) is 0 Å². The highest BCUT2D eigenvalue weighted by Gasteiger charge is 2.34. The predicted molar refractivity (Wildman–Crippen MR) is 93.9 cm³/mol. The lowest BCUT2D eigenvalue weighted by Gasteiger charge is -2.16. The maximum Gasteiger partial charge on any atom is 0.253 e. The van der Waals surface area contributed by atoms with E-state index in [1.165, 1.54) is 0 Å². The number of nitrogens with zero attached hydrogens (tertiary/aromatic N) is 3. The Kier molecular flexibility index (Phi) is 5.40. The second-order valence-corrected chi connectivity index (χ2v) is 6.44. The van der Waals surface area contributed by atoms with E-state index < -0.39 is 0 Å². The Bertz CT molecular complexity index is 704. The molecule has 132 valence electrons. The van der Waals surface area contributed by atoms with Crippen molar-refractivity contribution in [2.45, 2.75) is 13.3 Å². The van der Waals surface area contributed by atoms with E-state index in [0.29, 0.717) is 24.5 Å². The highest BCUT2D eigenvalue weighted by molar-refractivity contribution is 5.94. The van der Waals surface area contributed by atoms with E-state index in [-0.39, 0.29) is 31.0 Å². The molecular formula is C19H23N3O3. The molecular weight excluding hydrogens is 318 g/mol. The summed E-state index contributed by atoms with van der Waals surface area (Å²) in [5.41, 5.74) is 2.53. The third-order valence-corrected chi connectivity index (χ3v) is 4.84. The molecule has 0 bridgehead atoms. The summed E-state index contributed by atoms with van der Waals surface area (Å²) in [5.74, 6) is 0.443. The fourth-order valence-corrected chi connectivity index (χ4v) is 3.15. The second kappa shape index (κ2) is 7.72. The predicted octanol–water partition coefficient (Wildman–Crippen LogP) is 1.38. The van der Waals surface area contributed by atoms with Crippen LogP contribution in [0.25, 0.3) is 11.4 Å². The topological polar surface area (TPSA) is 86.6 Å². The lowest BCUT2D eigenvalue weighted by molar-refractivity contribution is 0.0778.